The lowest BCUT2D eigenvalue weighted by Crippen LogP contribution is -2.30. The number of nitrogens with one attached hydrogen (secondary N) is 1. The van der Waals surface area contributed by atoms with Crippen LogP contribution in [0.1, 0.15) is 6.92 Å². The second kappa shape index (κ2) is 6.36. The Kier molecular flexibility index (Phi) is 5.11. The smallest absolute Gasteiger partial charge is 0.321 e. The zero-order valence-corrected chi connectivity index (χ0v) is 11.0. The largest absolute Gasteiger partial charge is 0.497 e. The lowest BCUT2D eigenvalue weighted by molar-refractivity contribution is -0.141. The van der Waals surface area contributed by atoms with Crippen molar-refractivity contribution in [2.24, 2.45) is 0 Å². The van der Waals surface area contributed by atoms with E-state index in [2.05, 4.69) is 9.46 Å². The summed E-state index contributed by atoms with van der Waals surface area (Å²) in [5, 5.41) is 0. The Morgan fingerprint density at radius 2 is 1.89 bits per heavy atom. The molecule has 0 unspecified atom stereocenters. The molecule has 1 aromatic carbocycles. The van der Waals surface area contributed by atoms with Crippen LogP contribution < -0.4 is 9.46 Å². The summed E-state index contributed by atoms with van der Waals surface area (Å²) in [6, 6.07) is 5.84. The first-order valence-corrected chi connectivity index (χ1v) is 6.77. The molecule has 0 atom stereocenters. The molecule has 1 rings (SSSR count). The fraction of sp³-hybridized carbons (Fsp3) is 0.364. The Balaban J connectivity index is 2.70. The number of sulfonamides is 1. The van der Waals surface area contributed by atoms with Gasteiger partial charge >= 0.3 is 5.97 Å². The molecule has 0 fully saturated rings. The average Bonchev–Trinajstić information content (AvgIpc) is 2.37. The standard InChI is InChI=1S/C11H15NO5S/c1-3-17-11(13)8-12-18(14,15)10-6-4-9(16-2)5-7-10/h4-7,12H,3,8H2,1-2H3. The SMILES string of the molecule is CCOC(=O)CNS(=O)(=O)c1ccc(OC)cc1. The number of ether oxygens (including phenoxy) is 2. The molecule has 0 aliphatic heterocycles. The van der Waals surface area contributed by atoms with Gasteiger partial charge in [-0.2, -0.15) is 4.72 Å². The van der Waals surface area contributed by atoms with Gasteiger partial charge in [0.25, 0.3) is 0 Å². The maximum Gasteiger partial charge on any atom is 0.321 e. The fourth-order valence-corrected chi connectivity index (χ4v) is 2.17. The van der Waals surface area contributed by atoms with E-state index in [0.29, 0.717) is 5.75 Å². The molecule has 1 aromatic rings. The van der Waals surface area contributed by atoms with E-state index in [9.17, 15) is 13.2 Å². The van der Waals surface area contributed by atoms with Gasteiger partial charge in [-0.25, -0.2) is 8.42 Å². The van der Waals surface area contributed by atoms with E-state index in [1.807, 2.05) is 0 Å². The Labute approximate surface area is 106 Å². The molecule has 0 aliphatic carbocycles. The average molecular weight is 273 g/mol. The first kappa shape index (κ1) is 14.5. The number of benzene rings is 1. The van der Waals surface area contributed by atoms with Gasteiger partial charge in [0.1, 0.15) is 12.3 Å². The van der Waals surface area contributed by atoms with Gasteiger partial charge in [-0.3, -0.25) is 4.79 Å². The number of methoxy groups -OCH3 is 1. The van der Waals surface area contributed by atoms with Crippen LogP contribution in [0.5, 0.6) is 5.75 Å². The summed E-state index contributed by atoms with van der Waals surface area (Å²) in [5.41, 5.74) is 0. The van der Waals surface area contributed by atoms with E-state index in [-0.39, 0.29) is 18.0 Å². The molecule has 0 radical (unpaired) electrons. The van der Waals surface area contributed by atoms with Crippen molar-refractivity contribution in [3.63, 3.8) is 0 Å². The van der Waals surface area contributed by atoms with E-state index >= 15 is 0 Å². The van der Waals surface area contributed by atoms with Crippen molar-refractivity contribution in [3.05, 3.63) is 24.3 Å². The predicted molar refractivity (Wildman–Crippen MR) is 64.8 cm³/mol. The minimum atomic E-state index is -3.71. The van der Waals surface area contributed by atoms with Crippen molar-refractivity contribution in [1.29, 1.82) is 0 Å². The first-order chi connectivity index (χ1) is 8.49. The number of carbonyl (C=O) groups is 1. The van der Waals surface area contributed by atoms with Crippen LogP contribution in [0.25, 0.3) is 0 Å². The van der Waals surface area contributed by atoms with E-state index in [1.165, 1.54) is 31.4 Å². The number of rotatable bonds is 6. The maximum atomic E-state index is 11.8. The molecule has 0 heterocycles. The van der Waals surface area contributed by atoms with Crippen LogP contribution in [0.4, 0.5) is 0 Å². The highest BCUT2D eigenvalue weighted by Gasteiger charge is 2.15. The molecule has 0 bridgehead atoms. The Morgan fingerprint density at radius 3 is 2.39 bits per heavy atom. The molecule has 1 N–H and O–H groups in total. The highest BCUT2D eigenvalue weighted by atomic mass is 32.2. The third kappa shape index (κ3) is 4.01. The molecular weight excluding hydrogens is 258 g/mol. The van der Waals surface area contributed by atoms with Crippen LogP contribution in [-0.4, -0.2) is 34.6 Å². The molecule has 6 nitrogen and oxygen atoms in total. The third-order valence-electron chi connectivity index (χ3n) is 2.08. The molecule has 0 amide bonds. The second-order valence-electron chi connectivity index (χ2n) is 3.31. The normalized spacial score (nSPS) is 11.0. The lowest BCUT2D eigenvalue weighted by Gasteiger charge is -2.07. The summed E-state index contributed by atoms with van der Waals surface area (Å²) in [4.78, 5) is 11.1. The van der Waals surface area contributed by atoms with E-state index in [4.69, 9.17) is 4.74 Å². The number of esters is 1. The van der Waals surface area contributed by atoms with Crippen LogP contribution in [0.15, 0.2) is 29.2 Å². The van der Waals surface area contributed by atoms with Gasteiger partial charge in [0.15, 0.2) is 0 Å². The summed E-state index contributed by atoms with van der Waals surface area (Å²) >= 11 is 0. The molecule has 0 spiro atoms. The number of hydrogen-bond acceptors (Lipinski definition) is 5. The zero-order valence-electron chi connectivity index (χ0n) is 10.2. The fourth-order valence-electron chi connectivity index (χ4n) is 1.20. The highest BCUT2D eigenvalue weighted by molar-refractivity contribution is 7.89. The topological polar surface area (TPSA) is 81.7 Å². The van der Waals surface area contributed by atoms with Crippen molar-refractivity contribution >= 4 is 16.0 Å². The van der Waals surface area contributed by atoms with Gasteiger partial charge in [-0.1, -0.05) is 0 Å². The number of hydrogen-bond donors (Lipinski definition) is 1. The minimum absolute atomic E-state index is 0.0626. The van der Waals surface area contributed by atoms with E-state index in [0.717, 1.165) is 0 Å². The summed E-state index contributed by atoms with van der Waals surface area (Å²) in [7, 11) is -2.22. The predicted octanol–water partition coefficient (Wildman–Crippen LogP) is 0.537. The van der Waals surface area contributed by atoms with E-state index in [1.54, 1.807) is 6.92 Å². The van der Waals surface area contributed by atoms with Gasteiger partial charge in [-0.05, 0) is 31.2 Å². The monoisotopic (exact) mass is 273 g/mol. The van der Waals surface area contributed by atoms with Crippen molar-refractivity contribution in [3.8, 4) is 5.75 Å². The van der Waals surface area contributed by atoms with Gasteiger partial charge in [0.05, 0.1) is 18.6 Å². The molecule has 0 saturated heterocycles. The molecule has 0 aromatic heterocycles. The van der Waals surface area contributed by atoms with Crippen LogP contribution in [0.3, 0.4) is 0 Å². The Morgan fingerprint density at radius 1 is 1.28 bits per heavy atom. The minimum Gasteiger partial charge on any atom is -0.497 e. The van der Waals surface area contributed by atoms with Crippen molar-refractivity contribution in [2.75, 3.05) is 20.3 Å². The zero-order chi connectivity index (χ0) is 13.6. The number of carbonyl (C=O) groups excluding carboxylic acids is 1. The molecule has 7 heteroatoms. The van der Waals surface area contributed by atoms with Gasteiger partial charge < -0.3 is 9.47 Å². The van der Waals surface area contributed by atoms with Crippen LogP contribution in [0.2, 0.25) is 0 Å². The Hall–Kier alpha value is -1.60. The summed E-state index contributed by atoms with van der Waals surface area (Å²) in [5.74, 6) is -0.0612. The van der Waals surface area contributed by atoms with Crippen LogP contribution in [0, 0.1) is 0 Å². The van der Waals surface area contributed by atoms with E-state index < -0.39 is 16.0 Å². The van der Waals surface area contributed by atoms with Gasteiger partial charge in [-0.15, -0.1) is 0 Å². The lowest BCUT2D eigenvalue weighted by atomic mass is 10.3. The van der Waals surface area contributed by atoms with Crippen LogP contribution in [-0.2, 0) is 19.6 Å². The highest BCUT2D eigenvalue weighted by Crippen LogP contribution is 2.14. The Bertz CT molecular complexity index is 495. The molecule has 0 aliphatic rings. The van der Waals surface area contributed by atoms with Crippen molar-refractivity contribution in [2.45, 2.75) is 11.8 Å². The van der Waals surface area contributed by atoms with Gasteiger partial charge in [0.2, 0.25) is 10.0 Å². The van der Waals surface area contributed by atoms with Crippen molar-refractivity contribution < 1.29 is 22.7 Å². The molecule has 18 heavy (non-hydrogen) atoms. The third-order valence-corrected chi connectivity index (χ3v) is 3.50. The maximum absolute atomic E-state index is 11.8. The van der Waals surface area contributed by atoms with Crippen LogP contribution >= 0.6 is 0 Å². The van der Waals surface area contributed by atoms with Crippen molar-refractivity contribution in [1.82, 2.24) is 4.72 Å². The quantitative estimate of drug-likeness (QED) is 0.765. The molecule has 0 saturated carbocycles. The summed E-state index contributed by atoms with van der Waals surface area (Å²) < 4.78 is 35.3. The summed E-state index contributed by atoms with van der Waals surface area (Å²) in [6.07, 6.45) is 0. The summed E-state index contributed by atoms with van der Waals surface area (Å²) in [6.45, 7) is 1.47. The second-order valence-corrected chi connectivity index (χ2v) is 5.07. The molecule has 100 valence electrons. The van der Waals surface area contributed by atoms with Gasteiger partial charge in [0, 0.05) is 0 Å². The molecular formula is C11H15NO5S. The first-order valence-electron chi connectivity index (χ1n) is 5.29.